The van der Waals surface area contributed by atoms with E-state index in [9.17, 15) is 9.00 Å². The van der Waals surface area contributed by atoms with E-state index >= 15 is 0 Å². The fourth-order valence-electron chi connectivity index (χ4n) is 3.51. The van der Waals surface area contributed by atoms with Gasteiger partial charge in [-0.15, -0.1) is 0 Å². The van der Waals surface area contributed by atoms with Gasteiger partial charge >= 0.3 is 0 Å². The number of halogens is 1. The maximum Gasteiger partial charge on any atom is 0.289 e. The maximum absolute atomic E-state index is 12.8. The highest BCUT2D eigenvalue weighted by Gasteiger charge is 2.24. The molecule has 0 bridgehead atoms. The molecule has 0 unspecified atom stereocenters. The summed E-state index contributed by atoms with van der Waals surface area (Å²) in [5, 5.41) is 0.656. The van der Waals surface area contributed by atoms with Crippen LogP contribution in [0.5, 0.6) is 0 Å². The first kappa shape index (κ1) is 20.7. The van der Waals surface area contributed by atoms with E-state index in [4.69, 9.17) is 16.0 Å². The van der Waals surface area contributed by atoms with E-state index in [1.54, 1.807) is 24.3 Å². The minimum absolute atomic E-state index is 0.113. The number of rotatable bonds is 6. The highest BCUT2D eigenvalue weighted by Crippen LogP contribution is 2.19. The average Bonchev–Trinajstić information content (AvgIpc) is 3.24. The maximum atomic E-state index is 12.8. The zero-order valence-electron chi connectivity index (χ0n) is 16.5. The Kier molecular flexibility index (Phi) is 6.55. The summed E-state index contributed by atoms with van der Waals surface area (Å²) >= 11 is 5.88. The van der Waals surface area contributed by atoms with Crippen LogP contribution in [0.4, 0.5) is 5.69 Å². The monoisotopic (exact) mass is 442 g/mol. The second-order valence-corrected chi connectivity index (χ2v) is 9.13. The van der Waals surface area contributed by atoms with Crippen molar-refractivity contribution in [2.45, 2.75) is 11.5 Å². The second kappa shape index (κ2) is 9.49. The summed E-state index contributed by atoms with van der Waals surface area (Å²) < 4.78 is 18.2. The minimum atomic E-state index is -1.13. The Hall–Kier alpha value is -2.57. The van der Waals surface area contributed by atoms with E-state index in [1.807, 2.05) is 35.2 Å². The van der Waals surface area contributed by atoms with E-state index in [0.29, 0.717) is 35.4 Å². The fourth-order valence-corrected chi connectivity index (χ4v) is 4.77. The number of para-hydroxylation sites is 1. The van der Waals surface area contributed by atoms with Gasteiger partial charge in [0.2, 0.25) is 0 Å². The van der Waals surface area contributed by atoms with Crippen LogP contribution in [0.3, 0.4) is 0 Å². The van der Waals surface area contributed by atoms with Crippen LogP contribution in [-0.2, 0) is 22.3 Å². The number of furan rings is 1. The first-order valence-electron chi connectivity index (χ1n) is 9.86. The van der Waals surface area contributed by atoms with Crippen LogP contribution in [0.2, 0.25) is 5.02 Å². The number of carbonyl (C=O) groups is 1. The molecule has 156 valence electrons. The molecule has 0 N–H and O–H groups in total. The van der Waals surface area contributed by atoms with Crippen LogP contribution in [-0.4, -0.2) is 41.2 Å². The standard InChI is InChI=1S/C23H23ClN2O3S/c24-19-8-6-18(7-9-19)16-30(28)17-21-10-11-22(29-21)23(27)26-14-12-25(13-15-26)20-4-2-1-3-5-20/h1-11H,12-17H2/t30-/m0/s1. The van der Waals surface area contributed by atoms with E-state index < -0.39 is 10.8 Å². The number of piperazine rings is 1. The molecule has 7 heteroatoms. The number of benzene rings is 2. The van der Waals surface area contributed by atoms with Crippen molar-refractivity contribution in [2.24, 2.45) is 0 Å². The molecule has 1 atom stereocenters. The Morgan fingerprint density at radius 3 is 2.30 bits per heavy atom. The lowest BCUT2D eigenvalue weighted by atomic mass is 10.2. The molecule has 0 spiro atoms. The van der Waals surface area contributed by atoms with Gasteiger partial charge in [0.1, 0.15) is 5.76 Å². The van der Waals surface area contributed by atoms with Crippen LogP contribution in [0.25, 0.3) is 0 Å². The van der Waals surface area contributed by atoms with Gasteiger partial charge < -0.3 is 14.2 Å². The predicted molar refractivity (Wildman–Crippen MR) is 120 cm³/mol. The third-order valence-electron chi connectivity index (χ3n) is 5.10. The van der Waals surface area contributed by atoms with Crippen LogP contribution in [0.1, 0.15) is 21.9 Å². The van der Waals surface area contributed by atoms with Gasteiger partial charge in [-0.3, -0.25) is 9.00 Å². The number of hydrogen-bond acceptors (Lipinski definition) is 4. The van der Waals surface area contributed by atoms with Crippen molar-refractivity contribution in [3.05, 3.63) is 88.8 Å². The van der Waals surface area contributed by atoms with Crippen molar-refractivity contribution < 1.29 is 13.4 Å². The van der Waals surface area contributed by atoms with Crippen molar-refractivity contribution in [3.63, 3.8) is 0 Å². The van der Waals surface area contributed by atoms with Gasteiger partial charge in [-0.2, -0.15) is 0 Å². The summed E-state index contributed by atoms with van der Waals surface area (Å²) in [5.41, 5.74) is 2.13. The predicted octanol–water partition coefficient (Wildman–Crippen LogP) is 4.34. The molecule has 1 saturated heterocycles. The van der Waals surface area contributed by atoms with Gasteiger partial charge in [-0.1, -0.05) is 41.9 Å². The third kappa shape index (κ3) is 5.12. The topological polar surface area (TPSA) is 53.8 Å². The molecule has 0 saturated carbocycles. The molecule has 3 aromatic rings. The molecule has 4 rings (SSSR count). The van der Waals surface area contributed by atoms with Crippen LogP contribution in [0.15, 0.2) is 71.1 Å². The molecule has 1 aromatic heterocycles. The molecular formula is C23H23ClN2O3S. The lowest BCUT2D eigenvalue weighted by Crippen LogP contribution is -2.48. The second-order valence-electron chi connectivity index (χ2n) is 7.24. The quantitative estimate of drug-likeness (QED) is 0.569. The lowest BCUT2D eigenvalue weighted by Gasteiger charge is -2.35. The SMILES string of the molecule is O=C(c1ccc(C[S@@](=O)Cc2ccc(Cl)cc2)o1)N1CCN(c2ccccc2)CC1. The highest BCUT2D eigenvalue weighted by molar-refractivity contribution is 7.83. The van der Waals surface area contributed by atoms with E-state index in [1.165, 1.54) is 5.69 Å². The largest absolute Gasteiger partial charge is 0.455 e. The molecule has 5 nitrogen and oxygen atoms in total. The van der Waals surface area contributed by atoms with E-state index in [0.717, 1.165) is 18.7 Å². The smallest absolute Gasteiger partial charge is 0.289 e. The summed E-state index contributed by atoms with van der Waals surface area (Å²) in [6.07, 6.45) is 0. The number of nitrogens with zero attached hydrogens (tertiary/aromatic N) is 2. The molecule has 0 radical (unpaired) electrons. The van der Waals surface area contributed by atoms with E-state index in [2.05, 4.69) is 17.0 Å². The number of hydrogen-bond donors (Lipinski definition) is 0. The number of amides is 1. The zero-order valence-corrected chi connectivity index (χ0v) is 18.1. The van der Waals surface area contributed by atoms with Crippen LogP contribution >= 0.6 is 11.6 Å². The first-order valence-corrected chi connectivity index (χ1v) is 11.7. The van der Waals surface area contributed by atoms with Crippen LogP contribution < -0.4 is 4.90 Å². The van der Waals surface area contributed by atoms with Gasteiger partial charge in [0.25, 0.3) is 5.91 Å². The van der Waals surface area contributed by atoms with Gasteiger partial charge in [-0.05, 0) is 42.0 Å². The van der Waals surface area contributed by atoms with E-state index in [-0.39, 0.29) is 11.7 Å². The van der Waals surface area contributed by atoms with Crippen molar-refractivity contribution in [1.29, 1.82) is 0 Å². The fraction of sp³-hybridized carbons (Fsp3) is 0.261. The Labute approximate surface area is 183 Å². The van der Waals surface area contributed by atoms with Crippen LogP contribution in [0, 0.1) is 0 Å². The van der Waals surface area contributed by atoms with Crippen molar-refractivity contribution in [3.8, 4) is 0 Å². The summed E-state index contributed by atoms with van der Waals surface area (Å²) in [6, 6.07) is 20.9. The molecule has 1 aliphatic heterocycles. The van der Waals surface area contributed by atoms with Gasteiger partial charge in [0.15, 0.2) is 5.76 Å². The highest BCUT2D eigenvalue weighted by atomic mass is 35.5. The van der Waals surface area contributed by atoms with Gasteiger partial charge in [0.05, 0.1) is 5.75 Å². The first-order chi connectivity index (χ1) is 14.6. The molecule has 30 heavy (non-hydrogen) atoms. The Morgan fingerprint density at radius 2 is 1.60 bits per heavy atom. The lowest BCUT2D eigenvalue weighted by molar-refractivity contribution is 0.0713. The summed E-state index contributed by atoms with van der Waals surface area (Å²) in [4.78, 5) is 16.9. The average molecular weight is 443 g/mol. The molecule has 2 aromatic carbocycles. The molecule has 1 fully saturated rings. The van der Waals surface area contributed by atoms with Crippen molar-refractivity contribution >= 4 is 34.0 Å². The Morgan fingerprint density at radius 1 is 0.900 bits per heavy atom. The third-order valence-corrected chi connectivity index (χ3v) is 6.62. The summed E-state index contributed by atoms with van der Waals surface area (Å²) in [7, 11) is -1.13. The number of carbonyl (C=O) groups excluding carboxylic acids is 1. The molecule has 2 heterocycles. The molecular weight excluding hydrogens is 420 g/mol. The molecule has 1 aliphatic rings. The molecule has 1 amide bonds. The van der Waals surface area contributed by atoms with Gasteiger partial charge in [-0.25, -0.2) is 0 Å². The Bertz CT molecular complexity index is 1010. The van der Waals surface area contributed by atoms with Crippen molar-refractivity contribution in [2.75, 3.05) is 31.1 Å². The summed E-state index contributed by atoms with van der Waals surface area (Å²) in [6.45, 7) is 2.86. The zero-order chi connectivity index (χ0) is 20.9. The molecule has 0 aliphatic carbocycles. The normalized spacial score (nSPS) is 15.2. The van der Waals surface area contributed by atoms with Gasteiger partial charge in [0, 0.05) is 53.4 Å². The minimum Gasteiger partial charge on any atom is -0.455 e. The summed E-state index contributed by atoms with van der Waals surface area (Å²) in [5.74, 6) is 1.45. The van der Waals surface area contributed by atoms with Crippen molar-refractivity contribution in [1.82, 2.24) is 4.90 Å². The number of anilines is 1. The Balaban J connectivity index is 1.31.